The highest BCUT2D eigenvalue weighted by Crippen LogP contribution is 2.21. The number of amides is 1. The lowest BCUT2D eigenvalue weighted by atomic mass is 10.2. The van der Waals surface area contributed by atoms with Crippen molar-refractivity contribution in [3.63, 3.8) is 0 Å². The van der Waals surface area contributed by atoms with Crippen LogP contribution in [0, 0.1) is 6.92 Å². The lowest BCUT2D eigenvalue weighted by Gasteiger charge is -2.13. The first-order valence-electron chi connectivity index (χ1n) is 6.84. The van der Waals surface area contributed by atoms with E-state index in [4.69, 9.17) is 26.2 Å². The maximum atomic E-state index is 11.6. The molecule has 122 valence electrons. The molecule has 0 bridgehead atoms. The van der Waals surface area contributed by atoms with E-state index in [1.165, 1.54) is 7.11 Å². The van der Waals surface area contributed by atoms with Crippen molar-refractivity contribution in [1.82, 2.24) is 5.32 Å². The van der Waals surface area contributed by atoms with Gasteiger partial charge in [-0.25, -0.2) is 4.79 Å². The summed E-state index contributed by atoms with van der Waals surface area (Å²) in [5.74, 6) is -0.784. The molecule has 6 nitrogen and oxygen atoms in total. The second-order valence-corrected chi connectivity index (χ2v) is 5.18. The van der Waals surface area contributed by atoms with Gasteiger partial charge in [-0.1, -0.05) is 11.6 Å². The molecule has 1 rings (SSSR count). The van der Waals surface area contributed by atoms with Gasteiger partial charge in [-0.2, -0.15) is 0 Å². The van der Waals surface area contributed by atoms with Gasteiger partial charge in [0, 0.05) is 18.6 Å². The number of carboxylic acid groups (broad SMARTS) is 1. The lowest BCUT2D eigenvalue weighted by Crippen LogP contribution is -2.43. The molecule has 0 aliphatic heterocycles. The van der Waals surface area contributed by atoms with Gasteiger partial charge >= 0.3 is 5.97 Å². The van der Waals surface area contributed by atoms with Crippen molar-refractivity contribution in [3.05, 3.63) is 28.8 Å². The molecule has 7 heteroatoms. The van der Waals surface area contributed by atoms with Crippen molar-refractivity contribution >= 4 is 23.5 Å². The van der Waals surface area contributed by atoms with Crippen LogP contribution in [0.4, 0.5) is 0 Å². The zero-order valence-electron chi connectivity index (χ0n) is 12.6. The Kier molecular flexibility index (Phi) is 7.70. The van der Waals surface area contributed by atoms with E-state index in [1.807, 2.05) is 13.0 Å². The summed E-state index contributed by atoms with van der Waals surface area (Å²) in [7, 11) is 1.38. The number of rotatable bonds is 9. The van der Waals surface area contributed by atoms with Gasteiger partial charge in [-0.15, -0.1) is 0 Å². The molecule has 0 fully saturated rings. The molecule has 1 aromatic carbocycles. The summed E-state index contributed by atoms with van der Waals surface area (Å²) in [6, 6.07) is 4.30. The number of benzene rings is 1. The molecule has 0 radical (unpaired) electrons. The molecule has 1 amide bonds. The molecule has 1 atom stereocenters. The average Bonchev–Trinajstić information content (AvgIpc) is 2.46. The molecule has 0 aliphatic carbocycles. The van der Waals surface area contributed by atoms with E-state index < -0.39 is 12.0 Å². The Labute approximate surface area is 134 Å². The summed E-state index contributed by atoms with van der Waals surface area (Å²) < 4.78 is 10.3. The van der Waals surface area contributed by atoms with Crippen LogP contribution in [-0.2, 0) is 14.3 Å². The Morgan fingerprint density at radius 1 is 1.41 bits per heavy atom. The van der Waals surface area contributed by atoms with E-state index in [2.05, 4.69) is 5.32 Å². The molecule has 0 saturated heterocycles. The second-order valence-electron chi connectivity index (χ2n) is 4.78. The Bertz CT molecular complexity index is 521. The zero-order chi connectivity index (χ0) is 16.5. The second kappa shape index (κ2) is 9.27. The van der Waals surface area contributed by atoms with Crippen molar-refractivity contribution in [2.75, 3.05) is 20.3 Å². The van der Waals surface area contributed by atoms with Crippen LogP contribution in [0.5, 0.6) is 5.75 Å². The van der Waals surface area contributed by atoms with E-state index in [1.54, 1.807) is 12.1 Å². The largest absolute Gasteiger partial charge is 0.494 e. The van der Waals surface area contributed by atoms with Gasteiger partial charge in [-0.3, -0.25) is 4.79 Å². The maximum absolute atomic E-state index is 11.6. The van der Waals surface area contributed by atoms with Crippen LogP contribution in [0.1, 0.15) is 18.4 Å². The van der Waals surface area contributed by atoms with Gasteiger partial charge in [-0.05, 0) is 37.1 Å². The van der Waals surface area contributed by atoms with Gasteiger partial charge in [0.05, 0.1) is 13.2 Å². The first-order valence-corrected chi connectivity index (χ1v) is 7.22. The zero-order valence-corrected chi connectivity index (χ0v) is 13.4. The Morgan fingerprint density at radius 2 is 2.14 bits per heavy atom. The summed E-state index contributed by atoms with van der Waals surface area (Å²) in [5, 5.41) is 12.0. The van der Waals surface area contributed by atoms with Crippen LogP contribution in [0.25, 0.3) is 0 Å². The number of aliphatic carboxylic acids is 1. The lowest BCUT2D eigenvalue weighted by molar-refractivity contribution is -0.143. The van der Waals surface area contributed by atoms with E-state index >= 15 is 0 Å². The molecular formula is C15H20ClNO5. The van der Waals surface area contributed by atoms with Crippen molar-refractivity contribution in [3.8, 4) is 5.75 Å². The van der Waals surface area contributed by atoms with Crippen LogP contribution in [0.15, 0.2) is 18.2 Å². The number of halogens is 1. The number of hydrogen-bond acceptors (Lipinski definition) is 4. The standard InChI is InChI=1S/C15H20ClNO5/c1-10-8-11(5-6-12(10)16)22-7-3-4-14(18)17-13(9-21-2)15(19)20/h5-6,8,13H,3-4,7,9H2,1-2H3,(H,17,18)(H,19,20). The minimum absolute atomic E-state index is 0.0678. The highest BCUT2D eigenvalue weighted by molar-refractivity contribution is 6.31. The van der Waals surface area contributed by atoms with Crippen LogP contribution < -0.4 is 10.1 Å². The average molecular weight is 330 g/mol. The number of nitrogens with one attached hydrogen (secondary N) is 1. The Balaban J connectivity index is 2.29. The number of carboxylic acids is 1. The summed E-state index contributed by atoms with van der Waals surface area (Å²) in [6.07, 6.45) is 0.660. The summed E-state index contributed by atoms with van der Waals surface area (Å²) in [5.41, 5.74) is 0.917. The number of ether oxygens (including phenoxy) is 2. The molecule has 1 aromatic rings. The van der Waals surface area contributed by atoms with Crippen LogP contribution in [-0.4, -0.2) is 43.3 Å². The third-order valence-corrected chi connectivity index (χ3v) is 3.34. The molecular weight excluding hydrogens is 310 g/mol. The third-order valence-electron chi connectivity index (χ3n) is 2.91. The Hall–Kier alpha value is -1.79. The van der Waals surface area contributed by atoms with E-state index in [0.29, 0.717) is 23.8 Å². The van der Waals surface area contributed by atoms with Gasteiger partial charge in [0.15, 0.2) is 6.04 Å². The highest BCUT2D eigenvalue weighted by atomic mass is 35.5. The molecule has 2 N–H and O–H groups in total. The topological polar surface area (TPSA) is 84.9 Å². The number of aryl methyl sites for hydroxylation is 1. The molecule has 0 heterocycles. The quantitative estimate of drug-likeness (QED) is 0.677. The van der Waals surface area contributed by atoms with E-state index in [9.17, 15) is 9.59 Å². The van der Waals surface area contributed by atoms with Crippen molar-refractivity contribution in [2.24, 2.45) is 0 Å². The molecule has 22 heavy (non-hydrogen) atoms. The summed E-state index contributed by atoms with van der Waals surface area (Å²) in [6.45, 7) is 2.17. The van der Waals surface area contributed by atoms with E-state index in [0.717, 1.165) is 5.56 Å². The third kappa shape index (κ3) is 6.32. The van der Waals surface area contributed by atoms with Crippen molar-refractivity contribution in [2.45, 2.75) is 25.8 Å². The SMILES string of the molecule is COCC(NC(=O)CCCOc1ccc(Cl)c(C)c1)C(=O)O. The van der Waals surface area contributed by atoms with Gasteiger partial charge in [0.1, 0.15) is 5.75 Å². The predicted molar refractivity (Wildman–Crippen MR) is 82.4 cm³/mol. The first-order chi connectivity index (χ1) is 10.4. The van der Waals surface area contributed by atoms with Crippen LogP contribution in [0.3, 0.4) is 0 Å². The number of hydrogen-bond donors (Lipinski definition) is 2. The summed E-state index contributed by atoms with van der Waals surface area (Å²) in [4.78, 5) is 22.5. The predicted octanol–water partition coefficient (Wildman–Crippen LogP) is 2.02. The van der Waals surface area contributed by atoms with Crippen molar-refractivity contribution in [1.29, 1.82) is 0 Å². The minimum Gasteiger partial charge on any atom is -0.494 e. The molecule has 0 saturated carbocycles. The molecule has 0 aromatic heterocycles. The monoisotopic (exact) mass is 329 g/mol. The first kappa shape index (κ1) is 18.3. The number of carbonyl (C=O) groups is 2. The molecule has 1 unspecified atom stereocenters. The molecule has 0 aliphatic rings. The summed E-state index contributed by atoms with van der Waals surface area (Å²) >= 11 is 5.92. The Morgan fingerprint density at radius 3 is 2.73 bits per heavy atom. The van der Waals surface area contributed by atoms with E-state index in [-0.39, 0.29) is 18.9 Å². The van der Waals surface area contributed by atoms with Crippen LogP contribution >= 0.6 is 11.6 Å². The highest BCUT2D eigenvalue weighted by Gasteiger charge is 2.19. The fourth-order valence-corrected chi connectivity index (χ4v) is 1.86. The normalized spacial score (nSPS) is 11.8. The van der Waals surface area contributed by atoms with Gasteiger partial charge in [0.2, 0.25) is 5.91 Å². The smallest absolute Gasteiger partial charge is 0.328 e. The van der Waals surface area contributed by atoms with Crippen LogP contribution in [0.2, 0.25) is 5.02 Å². The van der Waals surface area contributed by atoms with Crippen molar-refractivity contribution < 1.29 is 24.2 Å². The number of methoxy groups -OCH3 is 1. The van der Waals surface area contributed by atoms with Gasteiger partial charge in [0.25, 0.3) is 0 Å². The van der Waals surface area contributed by atoms with Gasteiger partial charge < -0.3 is 19.9 Å². The fourth-order valence-electron chi connectivity index (χ4n) is 1.74. The fraction of sp³-hybridized carbons (Fsp3) is 0.467. The minimum atomic E-state index is -1.12. The maximum Gasteiger partial charge on any atom is 0.328 e. The molecule has 0 spiro atoms. The number of carbonyl (C=O) groups excluding carboxylic acids is 1.